The van der Waals surface area contributed by atoms with Gasteiger partial charge in [-0.3, -0.25) is 4.79 Å². The van der Waals surface area contributed by atoms with Crippen LogP contribution in [0.15, 0.2) is 48.5 Å². The largest absolute Gasteiger partial charge is 0.486 e. The summed E-state index contributed by atoms with van der Waals surface area (Å²) in [5, 5.41) is 3.19. The number of carbonyl (C=O) groups is 1. The Hall–Kier alpha value is -2.49. The molecule has 2 aromatic carbocycles. The summed E-state index contributed by atoms with van der Waals surface area (Å²) in [6.07, 6.45) is 1.68. The highest BCUT2D eigenvalue weighted by molar-refractivity contribution is 5.78. The predicted octanol–water partition coefficient (Wildman–Crippen LogP) is 4.00. The zero-order valence-corrected chi connectivity index (χ0v) is 15.3. The molecule has 26 heavy (non-hydrogen) atoms. The van der Waals surface area contributed by atoms with Gasteiger partial charge in [0.05, 0.1) is 5.54 Å². The quantitative estimate of drug-likeness (QED) is 0.886. The van der Waals surface area contributed by atoms with Gasteiger partial charge in [-0.1, -0.05) is 36.4 Å². The SMILES string of the molecule is CC(C)(NC(=O)C[C@@H]1C[C@H]1c1ccccc1)c1ccc2c(c1)OCCO2. The van der Waals surface area contributed by atoms with Crippen LogP contribution in [0.5, 0.6) is 11.5 Å². The van der Waals surface area contributed by atoms with Crippen LogP contribution in [-0.2, 0) is 10.3 Å². The van der Waals surface area contributed by atoms with E-state index in [1.165, 1.54) is 5.56 Å². The fourth-order valence-electron chi connectivity index (χ4n) is 3.72. The van der Waals surface area contributed by atoms with Gasteiger partial charge in [0.25, 0.3) is 0 Å². The number of nitrogens with one attached hydrogen (secondary N) is 1. The Morgan fingerprint density at radius 3 is 2.58 bits per heavy atom. The van der Waals surface area contributed by atoms with Crippen molar-refractivity contribution in [3.05, 3.63) is 59.7 Å². The van der Waals surface area contributed by atoms with Crippen LogP contribution in [0.3, 0.4) is 0 Å². The van der Waals surface area contributed by atoms with Crippen LogP contribution in [0.1, 0.15) is 43.7 Å². The molecule has 0 bridgehead atoms. The summed E-state index contributed by atoms with van der Waals surface area (Å²) < 4.78 is 11.2. The lowest BCUT2D eigenvalue weighted by atomic mass is 9.93. The first kappa shape index (κ1) is 17.0. The maximum atomic E-state index is 12.6. The predicted molar refractivity (Wildman–Crippen MR) is 101 cm³/mol. The zero-order chi connectivity index (χ0) is 18.1. The fraction of sp³-hybridized carbons (Fsp3) is 0.409. The van der Waals surface area contributed by atoms with Crippen molar-refractivity contribution in [2.75, 3.05) is 13.2 Å². The average Bonchev–Trinajstić information content (AvgIpc) is 3.40. The van der Waals surface area contributed by atoms with E-state index in [0.29, 0.717) is 31.5 Å². The smallest absolute Gasteiger partial charge is 0.220 e. The minimum Gasteiger partial charge on any atom is -0.486 e. The molecule has 1 heterocycles. The summed E-state index contributed by atoms with van der Waals surface area (Å²) in [4.78, 5) is 12.6. The van der Waals surface area contributed by atoms with Gasteiger partial charge < -0.3 is 14.8 Å². The van der Waals surface area contributed by atoms with E-state index in [-0.39, 0.29) is 5.91 Å². The second-order valence-corrected chi connectivity index (χ2v) is 7.75. The molecule has 0 aromatic heterocycles. The molecular formula is C22H25NO3. The van der Waals surface area contributed by atoms with Gasteiger partial charge >= 0.3 is 0 Å². The van der Waals surface area contributed by atoms with Crippen LogP contribution in [0.2, 0.25) is 0 Å². The molecule has 2 atom stereocenters. The van der Waals surface area contributed by atoms with Crippen LogP contribution >= 0.6 is 0 Å². The van der Waals surface area contributed by atoms with Crippen molar-refractivity contribution in [2.45, 2.75) is 38.1 Å². The zero-order valence-electron chi connectivity index (χ0n) is 15.3. The molecule has 2 aromatic rings. The van der Waals surface area contributed by atoms with E-state index in [4.69, 9.17) is 9.47 Å². The molecular weight excluding hydrogens is 326 g/mol. The number of hydrogen-bond donors (Lipinski definition) is 1. The molecule has 136 valence electrons. The van der Waals surface area contributed by atoms with E-state index in [1.807, 2.05) is 38.1 Å². The molecule has 0 saturated heterocycles. The van der Waals surface area contributed by atoms with Crippen LogP contribution in [0.4, 0.5) is 0 Å². The van der Waals surface area contributed by atoms with E-state index >= 15 is 0 Å². The van der Waals surface area contributed by atoms with Crippen molar-refractivity contribution in [1.82, 2.24) is 5.32 Å². The molecule has 1 aliphatic carbocycles. The molecule has 1 fully saturated rings. The van der Waals surface area contributed by atoms with Crippen LogP contribution in [0, 0.1) is 5.92 Å². The molecule has 1 N–H and O–H groups in total. The number of amides is 1. The minimum atomic E-state index is -0.454. The minimum absolute atomic E-state index is 0.105. The molecule has 1 aliphatic heterocycles. The third-order valence-electron chi connectivity index (χ3n) is 5.31. The summed E-state index contributed by atoms with van der Waals surface area (Å²) in [7, 11) is 0. The van der Waals surface area contributed by atoms with Crippen LogP contribution < -0.4 is 14.8 Å². The number of ether oxygens (including phenoxy) is 2. The van der Waals surface area contributed by atoms with Crippen molar-refractivity contribution in [1.29, 1.82) is 0 Å². The normalized spacial score (nSPS) is 21.2. The van der Waals surface area contributed by atoms with E-state index < -0.39 is 5.54 Å². The topological polar surface area (TPSA) is 47.6 Å². The van der Waals surface area contributed by atoms with Crippen molar-refractivity contribution >= 4 is 5.91 Å². The number of benzene rings is 2. The molecule has 4 heteroatoms. The first-order valence-electron chi connectivity index (χ1n) is 9.29. The van der Waals surface area contributed by atoms with Gasteiger partial charge in [0.15, 0.2) is 11.5 Å². The standard InChI is InChI=1S/C22H25NO3/c1-22(2,17-8-9-19-20(14-17)26-11-10-25-19)23-21(24)13-16-12-18(16)15-6-4-3-5-7-15/h3-9,14,16,18H,10-13H2,1-2H3,(H,23,24)/t16-,18-/m0/s1. The lowest BCUT2D eigenvalue weighted by molar-refractivity contribution is -0.123. The van der Waals surface area contributed by atoms with E-state index in [9.17, 15) is 4.79 Å². The van der Waals surface area contributed by atoms with Gasteiger partial charge in [-0.2, -0.15) is 0 Å². The number of fused-ring (bicyclic) bond motifs is 1. The first-order valence-corrected chi connectivity index (χ1v) is 9.29. The summed E-state index contributed by atoms with van der Waals surface area (Å²) in [5.41, 5.74) is 1.91. The summed E-state index contributed by atoms with van der Waals surface area (Å²) in [6.45, 7) is 5.19. The summed E-state index contributed by atoms with van der Waals surface area (Å²) >= 11 is 0. The molecule has 1 saturated carbocycles. The highest BCUT2D eigenvalue weighted by atomic mass is 16.6. The molecule has 4 rings (SSSR count). The van der Waals surface area contributed by atoms with E-state index in [1.54, 1.807) is 0 Å². The molecule has 2 aliphatic rings. The summed E-state index contributed by atoms with van der Waals surface area (Å²) in [6, 6.07) is 16.4. The van der Waals surface area contributed by atoms with Crippen molar-refractivity contribution in [3.8, 4) is 11.5 Å². The molecule has 0 spiro atoms. The highest BCUT2D eigenvalue weighted by Gasteiger charge is 2.40. The maximum Gasteiger partial charge on any atom is 0.220 e. The van der Waals surface area contributed by atoms with Gasteiger partial charge in [0, 0.05) is 6.42 Å². The second kappa shape index (κ2) is 6.67. The van der Waals surface area contributed by atoms with Crippen molar-refractivity contribution < 1.29 is 14.3 Å². The monoisotopic (exact) mass is 351 g/mol. The highest BCUT2D eigenvalue weighted by Crippen LogP contribution is 2.49. The Morgan fingerprint density at radius 2 is 1.81 bits per heavy atom. The molecule has 0 radical (unpaired) electrons. The molecule has 1 amide bonds. The molecule has 0 unspecified atom stereocenters. The lowest BCUT2D eigenvalue weighted by Crippen LogP contribution is -2.41. The number of hydrogen-bond acceptors (Lipinski definition) is 3. The van der Waals surface area contributed by atoms with Crippen molar-refractivity contribution in [3.63, 3.8) is 0 Å². The Balaban J connectivity index is 1.38. The fourth-order valence-corrected chi connectivity index (χ4v) is 3.72. The van der Waals surface area contributed by atoms with E-state index in [0.717, 1.165) is 23.5 Å². The number of rotatable bonds is 5. The number of carbonyl (C=O) groups excluding carboxylic acids is 1. The third-order valence-corrected chi connectivity index (χ3v) is 5.31. The van der Waals surface area contributed by atoms with Crippen LogP contribution in [0.25, 0.3) is 0 Å². The van der Waals surface area contributed by atoms with Gasteiger partial charge in [0.2, 0.25) is 5.91 Å². The Labute approximate surface area is 154 Å². The Morgan fingerprint density at radius 1 is 1.08 bits per heavy atom. The van der Waals surface area contributed by atoms with Gasteiger partial charge in [0.1, 0.15) is 13.2 Å². The first-order chi connectivity index (χ1) is 12.5. The van der Waals surface area contributed by atoms with Gasteiger partial charge in [-0.15, -0.1) is 0 Å². The van der Waals surface area contributed by atoms with Gasteiger partial charge in [-0.25, -0.2) is 0 Å². The van der Waals surface area contributed by atoms with E-state index in [2.05, 4.69) is 29.6 Å². The van der Waals surface area contributed by atoms with Crippen molar-refractivity contribution in [2.24, 2.45) is 5.92 Å². The maximum absolute atomic E-state index is 12.6. The Kier molecular flexibility index (Phi) is 4.35. The summed E-state index contributed by atoms with van der Waals surface area (Å²) in [5.74, 6) is 2.61. The van der Waals surface area contributed by atoms with Crippen LogP contribution in [-0.4, -0.2) is 19.1 Å². The second-order valence-electron chi connectivity index (χ2n) is 7.75. The Bertz CT molecular complexity index is 800. The lowest BCUT2D eigenvalue weighted by Gasteiger charge is -2.29. The average molecular weight is 351 g/mol. The van der Waals surface area contributed by atoms with Gasteiger partial charge in [-0.05, 0) is 55.4 Å². The third kappa shape index (κ3) is 3.55. The molecule has 4 nitrogen and oxygen atoms in total.